The standard InChI is InChI=1S/C15H11BrFN3/c16-13-5-3-10(15-12(13)2-1-7-18-15)8-19-11-4-6-14(17)20-9-11/h1-7,9,19H,8H2. The van der Waals surface area contributed by atoms with E-state index in [0.29, 0.717) is 6.54 Å². The number of benzene rings is 1. The quantitative estimate of drug-likeness (QED) is 0.733. The van der Waals surface area contributed by atoms with Crippen LogP contribution in [0.5, 0.6) is 0 Å². The summed E-state index contributed by atoms with van der Waals surface area (Å²) < 4.78 is 13.8. The van der Waals surface area contributed by atoms with E-state index in [-0.39, 0.29) is 0 Å². The maximum Gasteiger partial charge on any atom is 0.212 e. The Balaban J connectivity index is 1.88. The number of nitrogens with one attached hydrogen (secondary N) is 1. The Kier molecular flexibility index (Phi) is 3.60. The van der Waals surface area contributed by atoms with Crippen LogP contribution >= 0.6 is 15.9 Å². The molecule has 0 saturated heterocycles. The predicted octanol–water partition coefficient (Wildman–Crippen LogP) is 4.14. The van der Waals surface area contributed by atoms with Crippen molar-refractivity contribution in [3.05, 3.63) is 64.8 Å². The van der Waals surface area contributed by atoms with Crippen molar-refractivity contribution in [1.29, 1.82) is 0 Å². The Morgan fingerprint density at radius 3 is 2.80 bits per heavy atom. The average molecular weight is 332 g/mol. The number of hydrogen-bond donors (Lipinski definition) is 1. The number of rotatable bonds is 3. The Hall–Kier alpha value is -2.01. The highest BCUT2D eigenvalue weighted by Crippen LogP contribution is 2.25. The Bertz CT molecular complexity index is 744. The second-order valence-corrected chi connectivity index (χ2v) is 5.18. The summed E-state index contributed by atoms with van der Waals surface area (Å²) in [6.45, 7) is 0.605. The van der Waals surface area contributed by atoms with Crippen LogP contribution in [0, 0.1) is 5.95 Å². The number of anilines is 1. The van der Waals surface area contributed by atoms with Crippen molar-refractivity contribution >= 4 is 32.5 Å². The van der Waals surface area contributed by atoms with Gasteiger partial charge in [0.2, 0.25) is 5.95 Å². The molecular formula is C15H11BrFN3. The minimum absolute atomic E-state index is 0.480. The van der Waals surface area contributed by atoms with Gasteiger partial charge in [0.15, 0.2) is 0 Å². The molecule has 100 valence electrons. The summed E-state index contributed by atoms with van der Waals surface area (Å²) in [6, 6.07) is 11.0. The molecule has 0 fully saturated rings. The van der Waals surface area contributed by atoms with Gasteiger partial charge in [0.25, 0.3) is 0 Å². The summed E-state index contributed by atoms with van der Waals surface area (Å²) in [6.07, 6.45) is 3.25. The molecule has 0 unspecified atom stereocenters. The zero-order valence-corrected chi connectivity index (χ0v) is 12.1. The number of halogens is 2. The summed E-state index contributed by atoms with van der Waals surface area (Å²) in [7, 11) is 0. The normalized spacial score (nSPS) is 10.7. The van der Waals surface area contributed by atoms with Crippen molar-refractivity contribution in [3.8, 4) is 0 Å². The lowest BCUT2D eigenvalue weighted by molar-refractivity contribution is 0.584. The topological polar surface area (TPSA) is 37.8 Å². The van der Waals surface area contributed by atoms with Crippen LogP contribution in [0.3, 0.4) is 0 Å². The minimum Gasteiger partial charge on any atom is -0.380 e. The molecule has 0 amide bonds. The van der Waals surface area contributed by atoms with Crippen molar-refractivity contribution in [2.24, 2.45) is 0 Å². The van der Waals surface area contributed by atoms with E-state index in [1.165, 1.54) is 12.3 Å². The van der Waals surface area contributed by atoms with Crippen molar-refractivity contribution in [1.82, 2.24) is 9.97 Å². The molecule has 20 heavy (non-hydrogen) atoms. The van der Waals surface area contributed by atoms with E-state index in [1.54, 1.807) is 12.3 Å². The summed E-state index contributed by atoms with van der Waals surface area (Å²) in [5.74, 6) is -0.480. The van der Waals surface area contributed by atoms with Crippen LogP contribution in [0.15, 0.2) is 53.3 Å². The largest absolute Gasteiger partial charge is 0.380 e. The zero-order valence-electron chi connectivity index (χ0n) is 10.5. The van der Waals surface area contributed by atoms with Crippen LogP contribution in [-0.4, -0.2) is 9.97 Å². The fraction of sp³-hybridized carbons (Fsp3) is 0.0667. The van der Waals surface area contributed by atoms with Crippen LogP contribution in [0.2, 0.25) is 0 Å². The van der Waals surface area contributed by atoms with E-state index < -0.39 is 5.95 Å². The van der Waals surface area contributed by atoms with Gasteiger partial charge in [-0.05, 0) is 29.8 Å². The molecule has 0 radical (unpaired) electrons. The maximum atomic E-state index is 12.7. The molecule has 0 bridgehead atoms. The second kappa shape index (κ2) is 5.54. The van der Waals surface area contributed by atoms with Gasteiger partial charge in [0.1, 0.15) is 0 Å². The molecule has 1 N–H and O–H groups in total. The third kappa shape index (κ3) is 2.63. The highest BCUT2D eigenvalue weighted by molar-refractivity contribution is 9.10. The van der Waals surface area contributed by atoms with Gasteiger partial charge in [-0.25, -0.2) is 4.98 Å². The number of aromatic nitrogens is 2. The average Bonchev–Trinajstić information content (AvgIpc) is 2.49. The predicted molar refractivity (Wildman–Crippen MR) is 81.0 cm³/mol. The lowest BCUT2D eigenvalue weighted by atomic mass is 10.1. The third-order valence-corrected chi connectivity index (χ3v) is 3.70. The van der Waals surface area contributed by atoms with Crippen LogP contribution in [0.4, 0.5) is 10.1 Å². The summed E-state index contributed by atoms with van der Waals surface area (Å²) in [4.78, 5) is 8.04. The van der Waals surface area contributed by atoms with Crippen molar-refractivity contribution in [2.45, 2.75) is 6.54 Å². The maximum absolute atomic E-state index is 12.7. The molecular weight excluding hydrogens is 321 g/mol. The molecule has 5 heteroatoms. The highest BCUT2D eigenvalue weighted by atomic mass is 79.9. The lowest BCUT2D eigenvalue weighted by Gasteiger charge is -2.09. The van der Waals surface area contributed by atoms with Gasteiger partial charge in [-0.15, -0.1) is 0 Å². The zero-order chi connectivity index (χ0) is 13.9. The highest BCUT2D eigenvalue weighted by Gasteiger charge is 2.05. The Labute approximate surface area is 124 Å². The number of fused-ring (bicyclic) bond motifs is 1. The molecule has 0 saturated carbocycles. The molecule has 2 heterocycles. The van der Waals surface area contributed by atoms with Gasteiger partial charge < -0.3 is 5.32 Å². The van der Waals surface area contributed by atoms with Crippen LogP contribution in [0.25, 0.3) is 10.9 Å². The summed E-state index contributed by atoms with van der Waals surface area (Å²) in [5.41, 5.74) is 2.80. The molecule has 3 nitrogen and oxygen atoms in total. The van der Waals surface area contributed by atoms with E-state index in [2.05, 4.69) is 31.2 Å². The number of hydrogen-bond acceptors (Lipinski definition) is 3. The van der Waals surface area contributed by atoms with Crippen molar-refractivity contribution in [3.63, 3.8) is 0 Å². The van der Waals surface area contributed by atoms with E-state index in [9.17, 15) is 4.39 Å². The number of nitrogens with zero attached hydrogens (tertiary/aromatic N) is 2. The molecule has 1 aromatic carbocycles. The first-order valence-corrected chi connectivity index (χ1v) is 6.91. The van der Waals surface area contributed by atoms with E-state index >= 15 is 0 Å². The molecule has 0 aliphatic rings. The van der Waals surface area contributed by atoms with Gasteiger partial charge >= 0.3 is 0 Å². The fourth-order valence-electron chi connectivity index (χ4n) is 2.02. The number of pyridine rings is 2. The molecule has 0 atom stereocenters. The molecule has 3 rings (SSSR count). The molecule has 3 aromatic rings. The fourth-order valence-corrected chi connectivity index (χ4v) is 2.47. The first-order chi connectivity index (χ1) is 9.74. The second-order valence-electron chi connectivity index (χ2n) is 4.33. The lowest BCUT2D eigenvalue weighted by Crippen LogP contribution is -2.01. The first-order valence-electron chi connectivity index (χ1n) is 6.11. The monoisotopic (exact) mass is 331 g/mol. The summed E-state index contributed by atoms with van der Waals surface area (Å²) >= 11 is 3.52. The van der Waals surface area contributed by atoms with Crippen molar-refractivity contribution < 1.29 is 4.39 Å². The van der Waals surface area contributed by atoms with Gasteiger partial charge in [0.05, 0.1) is 17.4 Å². The van der Waals surface area contributed by atoms with Gasteiger partial charge in [-0.3, -0.25) is 4.98 Å². The van der Waals surface area contributed by atoms with Gasteiger partial charge in [-0.1, -0.05) is 28.1 Å². The van der Waals surface area contributed by atoms with E-state index in [4.69, 9.17) is 0 Å². The van der Waals surface area contributed by atoms with Gasteiger partial charge in [-0.2, -0.15) is 4.39 Å². The minimum atomic E-state index is -0.480. The SMILES string of the molecule is Fc1ccc(NCc2ccc(Br)c3cccnc23)cn1. The van der Waals surface area contributed by atoms with E-state index in [1.807, 2.05) is 24.3 Å². The first kappa shape index (κ1) is 13.0. The van der Waals surface area contributed by atoms with Gasteiger partial charge in [0, 0.05) is 22.6 Å². The molecule has 0 aliphatic heterocycles. The molecule has 2 aromatic heterocycles. The molecule has 0 aliphatic carbocycles. The van der Waals surface area contributed by atoms with Crippen LogP contribution in [0.1, 0.15) is 5.56 Å². The van der Waals surface area contributed by atoms with Crippen molar-refractivity contribution in [2.75, 3.05) is 5.32 Å². The van der Waals surface area contributed by atoms with Crippen LogP contribution < -0.4 is 5.32 Å². The Morgan fingerprint density at radius 1 is 1.10 bits per heavy atom. The summed E-state index contributed by atoms with van der Waals surface area (Å²) in [5, 5.41) is 4.29. The van der Waals surface area contributed by atoms with Crippen LogP contribution in [-0.2, 0) is 6.54 Å². The third-order valence-electron chi connectivity index (χ3n) is 3.01. The van der Waals surface area contributed by atoms with E-state index in [0.717, 1.165) is 26.6 Å². The molecule has 0 spiro atoms. The smallest absolute Gasteiger partial charge is 0.212 e. The Morgan fingerprint density at radius 2 is 2.00 bits per heavy atom.